The van der Waals surface area contributed by atoms with Gasteiger partial charge in [-0.15, -0.1) is 0 Å². The van der Waals surface area contributed by atoms with Gasteiger partial charge in [0.25, 0.3) is 0 Å². The van der Waals surface area contributed by atoms with Crippen molar-refractivity contribution in [3.8, 4) is 56.3 Å². The highest BCUT2D eigenvalue weighted by Gasteiger charge is 2.17. The Bertz CT molecular complexity index is 2500. The molecule has 9 aromatic rings. The predicted octanol–water partition coefficient (Wildman–Crippen LogP) is 11.2. The molecule has 0 atom stereocenters. The molecule has 0 amide bonds. The van der Waals surface area contributed by atoms with Crippen molar-refractivity contribution in [1.82, 2.24) is 9.97 Å². The summed E-state index contributed by atoms with van der Waals surface area (Å²) in [7, 11) is 0. The van der Waals surface area contributed by atoms with Gasteiger partial charge in [-0.05, 0) is 92.3 Å². The largest absolute Gasteiger partial charge is 0.508 e. The fourth-order valence-corrected chi connectivity index (χ4v) is 6.77. The molecule has 2 heterocycles. The van der Waals surface area contributed by atoms with Crippen LogP contribution in [0.4, 0.5) is 0 Å². The molecule has 226 valence electrons. The fourth-order valence-electron chi connectivity index (χ4n) is 6.77. The van der Waals surface area contributed by atoms with Crippen LogP contribution in [-0.2, 0) is 0 Å². The van der Waals surface area contributed by atoms with Crippen LogP contribution in [0.3, 0.4) is 0 Å². The lowest BCUT2D eigenvalue weighted by Gasteiger charge is -2.16. The van der Waals surface area contributed by atoms with Gasteiger partial charge < -0.3 is 10.2 Å². The zero-order chi connectivity index (χ0) is 32.2. The second-order valence-electron chi connectivity index (χ2n) is 12.2. The third kappa shape index (κ3) is 4.79. The Labute approximate surface area is 276 Å². The fraction of sp³-hybridized carbons (Fsp3) is 0. The van der Waals surface area contributed by atoms with Crippen molar-refractivity contribution in [2.24, 2.45) is 0 Å². The first kappa shape index (κ1) is 27.8. The lowest BCUT2D eigenvalue weighted by molar-refractivity contribution is 0.475. The Balaban J connectivity index is 1.36. The first-order valence-electron chi connectivity index (χ1n) is 15.9. The second kappa shape index (κ2) is 11.1. The number of rotatable bonds is 4. The Morgan fingerprint density at radius 2 is 0.729 bits per heavy atom. The van der Waals surface area contributed by atoms with Crippen LogP contribution >= 0.6 is 0 Å². The van der Waals surface area contributed by atoms with E-state index in [0.717, 1.165) is 88.1 Å². The molecular weight excluding hydrogens is 588 g/mol. The minimum absolute atomic E-state index is 0.248. The van der Waals surface area contributed by atoms with Crippen LogP contribution in [0.1, 0.15) is 0 Å². The van der Waals surface area contributed by atoms with Crippen molar-refractivity contribution in [1.29, 1.82) is 0 Å². The lowest BCUT2D eigenvalue weighted by atomic mass is 9.93. The SMILES string of the molecule is Oc1ccc2cc(-c3cc(-c4ccccc4)c4ccc5c(-c6ccccc6)cc(-c6ccc7cc(O)ccc7c6)nc5c4n3)ccc2c1. The molecule has 0 aliphatic rings. The van der Waals surface area contributed by atoms with Gasteiger partial charge in [-0.3, -0.25) is 0 Å². The van der Waals surface area contributed by atoms with E-state index in [0.29, 0.717) is 0 Å². The van der Waals surface area contributed by atoms with Crippen molar-refractivity contribution in [2.75, 3.05) is 0 Å². The van der Waals surface area contributed by atoms with Crippen LogP contribution < -0.4 is 0 Å². The van der Waals surface area contributed by atoms with Gasteiger partial charge in [-0.1, -0.05) is 109 Å². The van der Waals surface area contributed by atoms with E-state index < -0.39 is 0 Å². The van der Waals surface area contributed by atoms with Crippen molar-refractivity contribution < 1.29 is 10.2 Å². The highest BCUT2D eigenvalue weighted by Crippen LogP contribution is 2.40. The maximum Gasteiger partial charge on any atom is 0.116 e. The summed E-state index contributed by atoms with van der Waals surface area (Å²) in [5, 5.41) is 26.1. The highest BCUT2D eigenvalue weighted by molar-refractivity contribution is 6.13. The minimum atomic E-state index is 0.248. The molecule has 4 heteroatoms. The Hall–Kier alpha value is -6.52. The molecule has 2 aromatic heterocycles. The maximum absolute atomic E-state index is 10.0. The standard InChI is InChI=1S/C44H28N2O2/c47-35-17-15-29-21-33(13-11-31(29)23-35)41-25-39(27-7-3-1-4-8-27)37-19-20-38-40(28-9-5-2-6-10-28)26-42(46-44(38)43(37)45-41)34-14-12-32-24-36(48)18-16-30(32)22-34/h1-26,47-48H. The van der Waals surface area contributed by atoms with Crippen LogP contribution in [0.15, 0.2) is 158 Å². The van der Waals surface area contributed by atoms with Gasteiger partial charge >= 0.3 is 0 Å². The molecule has 0 aliphatic carbocycles. The lowest BCUT2D eigenvalue weighted by Crippen LogP contribution is -1.95. The number of benzene rings is 7. The zero-order valence-electron chi connectivity index (χ0n) is 25.8. The van der Waals surface area contributed by atoms with Gasteiger partial charge in [0.05, 0.1) is 22.4 Å². The van der Waals surface area contributed by atoms with E-state index in [9.17, 15) is 10.2 Å². The number of fused-ring (bicyclic) bond motifs is 5. The van der Waals surface area contributed by atoms with E-state index in [1.165, 1.54) is 0 Å². The third-order valence-electron chi connectivity index (χ3n) is 9.17. The van der Waals surface area contributed by atoms with E-state index in [1.54, 1.807) is 24.3 Å². The molecule has 0 fully saturated rings. The van der Waals surface area contributed by atoms with Crippen molar-refractivity contribution in [2.45, 2.75) is 0 Å². The van der Waals surface area contributed by atoms with Gasteiger partial charge in [0, 0.05) is 21.9 Å². The topological polar surface area (TPSA) is 66.2 Å². The van der Waals surface area contributed by atoms with E-state index in [2.05, 4.69) is 97.1 Å². The summed E-state index contributed by atoms with van der Waals surface area (Å²) in [4.78, 5) is 10.7. The average Bonchev–Trinajstić information content (AvgIpc) is 3.14. The second-order valence-corrected chi connectivity index (χ2v) is 12.2. The van der Waals surface area contributed by atoms with E-state index in [4.69, 9.17) is 9.97 Å². The van der Waals surface area contributed by atoms with Crippen molar-refractivity contribution in [3.05, 3.63) is 158 Å². The molecule has 0 bridgehead atoms. The summed E-state index contributed by atoms with van der Waals surface area (Å²) in [5.41, 5.74) is 9.72. The normalized spacial score (nSPS) is 11.5. The summed E-state index contributed by atoms with van der Waals surface area (Å²) in [6.07, 6.45) is 0. The quantitative estimate of drug-likeness (QED) is 0.193. The molecule has 0 saturated carbocycles. The van der Waals surface area contributed by atoms with Crippen molar-refractivity contribution >= 4 is 43.4 Å². The number of phenols is 2. The molecule has 48 heavy (non-hydrogen) atoms. The Morgan fingerprint density at radius 1 is 0.333 bits per heavy atom. The molecule has 9 rings (SSSR count). The number of phenolic OH excluding ortho intramolecular Hbond substituents is 2. The summed E-state index contributed by atoms with van der Waals surface area (Å²) >= 11 is 0. The number of pyridine rings is 2. The Morgan fingerprint density at radius 3 is 1.17 bits per heavy atom. The first-order chi connectivity index (χ1) is 23.6. The van der Waals surface area contributed by atoms with Crippen LogP contribution in [0.25, 0.3) is 88.1 Å². The average molecular weight is 617 g/mol. The monoisotopic (exact) mass is 616 g/mol. The molecule has 2 N–H and O–H groups in total. The third-order valence-corrected chi connectivity index (χ3v) is 9.17. The molecule has 4 nitrogen and oxygen atoms in total. The van der Waals surface area contributed by atoms with Gasteiger partial charge in [0.2, 0.25) is 0 Å². The van der Waals surface area contributed by atoms with Crippen LogP contribution in [-0.4, -0.2) is 20.2 Å². The number of aromatic nitrogens is 2. The number of hydrogen-bond acceptors (Lipinski definition) is 4. The number of hydrogen-bond donors (Lipinski definition) is 2. The maximum atomic E-state index is 10.0. The van der Waals surface area contributed by atoms with E-state index in [1.807, 2.05) is 36.4 Å². The van der Waals surface area contributed by atoms with Gasteiger partial charge in [0.1, 0.15) is 11.5 Å². The molecular formula is C44H28N2O2. The molecule has 0 radical (unpaired) electrons. The highest BCUT2D eigenvalue weighted by atomic mass is 16.3. The van der Waals surface area contributed by atoms with Crippen LogP contribution in [0.2, 0.25) is 0 Å². The summed E-state index contributed by atoms with van der Waals surface area (Å²) in [6, 6.07) is 52.9. The molecule has 0 saturated heterocycles. The first-order valence-corrected chi connectivity index (χ1v) is 15.9. The Kier molecular flexibility index (Phi) is 6.41. The molecule has 0 unspecified atom stereocenters. The number of aromatic hydroxyl groups is 2. The molecule has 7 aromatic carbocycles. The van der Waals surface area contributed by atoms with E-state index in [-0.39, 0.29) is 11.5 Å². The van der Waals surface area contributed by atoms with Crippen LogP contribution in [0, 0.1) is 0 Å². The number of nitrogens with zero attached hydrogens (tertiary/aromatic N) is 2. The molecule has 0 aliphatic heterocycles. The molecule has 0 spiro atoms. The zero-order valence-corrected chi connectivity index (χ0v) is 25.8. The smallest absolute Gasteiger partial charge is 0.116 e. The van der Waals surface area contributed by atoms with Gasteiger partial charge in [0.15, 0.2) is 0 Å². The summed E-state index contributed by atoms with van der Waals surface area (Å²) in [5.74, 6) is 0.496. The van der Waals surface area contributed by atoms with Gasteiger partial charge in [-0.2, -0.15) is 0 Å². The van der Waals surface area contributed by atoms with Gasteiger partial charge in [-0.25, -0.2) is 9.97 Å². The minimum Gasteiger partial charge on any atom is -0.508 e. The van der Waals surface area contributed by atoms with Crippen molar-refractivity contribution in [3.63, 3.8) is 0 Å². The summed E-state index contributed by atoms with van der Waals surface area (Å²) in [6.45, 7) is 0. The summed E-state index contributed by atoms with van der Waals surface area (Å²) < 4.78 is 0. The van der Waals surface area contributed by atoms with Crippen LogP contribution in [0.5, 0.6) is 11.5 Å². The predicted molar refractivity (Wildman–Crippen MR) is 197 cm³/mol. The van der Waals surface area contributed by atoms with E-state index >= 15 is 0 Å².